The highest BCUT2D eigenvalue weighted by atomic mass is 16.5. The van der Waals surface area contributed by atoms with E-state index in [4.69, 9.17) is 9.84 Å². The molecule has 0 fully saturated rings. The van der Waals surface area contributed by atoms with E-state index < -0.39 is 5.97 Å². The van der Waals surface area contributed by atoms with Crippen molar-refractivity contribution in [3.05, 3.63) is 46.1 Å². The molecular formula is C23H32O4. The van der Waals surface area contributed by atoms with Crippen LogP contribution in [-0.2, 0) is 11.2 Å². The van der Waals surface area contributed by atoms with Gasteiger partial charge in [0.05, 0.1) is 0 Å². The fraction of sp³-hybridized carbons (Fsp3) is 0.522. The van der Waals surface area contributed by atoms with Gasteiger partial charge in [0.15, 0.2) is 0 Å². The van der Waals surface area contributed by atoms with E-state index in [1.165, 1.54) is 5.57 Å². The average Bonchev–Trinajstić information content (AvgIpc) is 2.60. The summed E-state index contributed by atoms with van der Waals surface area (Å²) in [5.74, 6) is 0.441. The molecular weight excluding hydrogens is 340 g/mol. The molecule has 0 saturated heterocycles. The van der Waals surface area contributed by atoms with Crippen molar-refractivity contribution in [1.82, 2.24) is 0 Å². The fourth-order valence-corrected chi connectivity index (χ4v) is 3.47. The summed E-state index contributed by atoms with van der Waals surface area (Å²) in [5, 5.41) is 18.9. The van der Waals surface area contributed by atoms with Crippen molar-refractivity contribution in [2.75, 3.05) is 0 Å². The van der Waals surface area contributed by atoms with Gasteiger partial charge in [0.2, 0.25) is 0 Å². The second-order valence-electron chi connectivity index (χ2n) is 8.01. The molecule has 1 heterocycles. The molecule has 0 radical (unpaired) electrons. The predicted molar refractivity (Wildman–Crippen MR) is 109 cm³/mol. The smallest absolute Gasteiger partial charge is 0.330 e. The van der Waals surface area contributed by atoms with E-state index in [0.29, 0.717) is 11.3 Å². The maximum Gasteiger partial charge on any atom is 0.330 e. The monoisotopic (exact) mass is 372 g/mol. The Morgan fingerprint density at radius 1 is 1.22 bits per heavy atom. The number of rotatable bonds is 7. The van der Waals surface area contributed by atoms with Crippen LogP contribution < -0.4 is 4.74 Å². The van der Waals surface area contributed by atoms with Crippen molar-refractivity contribution in [2.24, 2.45) is 0 Å². The molecule has 148 valence electrons. The first-order chi connectivity index (χ1) is 12.6. The molecule has 1 atom stereocenters. The zero-order valence-electron chi connectivity index (χ0n) is 17.2. The summed E-state index contributed by atoms with van der Waals surface area (Å²) >= 11 is 0. The minimum absolute atomic E-state index is 0.197. The van der Waals surface area contributed by atoms with Crippen molar-refractivity contribution in [1.29, 1.82) is 0 Å². The summed E-state index contributed by atoms with van der Waals surface area (Å²) < 4.78 is 6.39. The van der Waals surface area contributed by atoms with Gasteiger partial charge in [-0.05, 0) is 95.9 Å². The van der Waals surface area contributed by atoms with Crippen LogP contribution in [0.15, 0.2) is 29.4 Å². The number of aryl methyl sites for hydroxylation is 1. The third-order valence-corrected chi connectivity index (χ3v) is 5.65. The maximum absolute atomic E-state index is 10.8. The second-order valence-corrected chi connectivity index (χ2v) is 8.01. The molecule has 0 amide bonds. The van der Waals surface area contributed by atoms with Crippen molar-refractivity contribution in [3.8, 4) is 11.5 Å². The Bertz CT molecular complexity index is 773. The van der Waals surface area contributed by atoms with E-state index in [0.717, 1.165) is 61.0 Å². The van der Waals surface area contributed by atoms with Crippen molar-refractivity contribution < 1.29 is 19.7 Å². The number of benzene rings is 1. The number of carbonyl (C=O) groups is 1. The van der Waals surface area contributed by atoms with Crippen LogP contribution in [-0.4, -0.2) is 21.8 Å². The van der Waals surface area contributed by atoms with Gasteiger partial charge in [0.25, 0.3) is 0 Å². The molecule has 0 aromatic heterocycles. The topological polar surface area (TPSA) is 66.8 Å². The quantitative estimate of drug-likeness (QED) is 0.481. The number of carboxylic acid groups (broad SMARTS) is 1. The first-order valence-electron chi connectivity index (χ1n) is 9.69. The van der Waals surface area contributed by atoms with Gasteiger partial charge in [-0.25, -0.2) is 4.79 Å². The zero-order chi connectivity index (χ0) is 20.2. The van der Waals surface area contributed by atoms with Gasteiger partial charge in [-0.15, -0.1) is 0 Å². The Morgan fingerprint density at radius 2 is 1.93 bits per heavy atom. The van der Waals surface area contributed by atoms with Crippen LogP contribution >= 0.6 is 0 Å². The van der Waals surface area contributed by atoms with Crippen LogP contribution in [0.2, 0.25) is 0 Å². The van der Waals surface area contributed by atoms with Crippen LogP contribution in [0, 0.1) is 13.8 Å². The molecule has 1 aliphatic heterocycles. The molecule has 0 aliphatic carbocycles. The number of ether oxygens (including phenoxy) is 1. The Balaban J connectivity index is 1.94. The molecule has 2 N–H and O–H groups in total. The van der Waals surface area contributed by atoms with Crippen molar-refractivity contribution in [3.63, 3.8) is 0 Å². The van der Waals surface area contributed by atoms with E-state index in [9.17, 15) is 9.90 Å². The lowest BCUT2D eigenvalue weighted by molar-refractivity contribution is -0.132. The highest BCUT2D eigenvalue weighted by Crippen LogP contribution is 2.41. The van der Waals surface area contributed by atoms with Gasteiger partial charge in [0, 0.05) is 5.57 Å². The summed E-state index contributed by atoms with van der Waals surface area (Å²) in [6.45, 7) is 9.83. The highest BCUT2D eigenvalue weighted by Gasteiger charge is 2.32. The normalized spacial score (nSPS) is 20.2. The fourth-order valence-electron chi connectivity index (χ4n) is 3.47. The summed E-state index contributed by atoms with van der Waals surface area (Å²) in [6, 6.07) is 1.84. The molecule has 0 saturated carbocycles. The molecule has 1 unspecified atom stereocenters. The lowest BCUT2D eigenvalue weighted by Gasteiger charge is -2.37. The lowest BCUT2D eigenvalue weighted by Crippen LogP contribution is -2.36. The summed E-state index contributed by atoms with van der Waals surface area (Å²) in [4.78, 5) is 10.8. The number of aromatic hydroxyl groups is 1. The lowest BCUT2D eigenvalue weighted by atomic mass is 9.87. The van der Waals surface area contributed by atoms with Gasteiger partial charge in [-0.2, -0.15) is 0 Å². The van der Waals surface area contributed by atoms with Gasteiger partial charge in [-0.1, -0.05) is 17.7 Å². The number of aliphatic carboxylic acids is 1. The minimum Gasteiger partial charge on any atom is -0.508 e. The highest BCUT2D eigenvalue weighted by molar-refractivity contribution is 5.85. The third-order valence-electron chi connectivity index (χ3n) is 5.65. The number of carboxylic acids is 1. The first-order valence-corrected chi connectivity index (χ1v) is 9.69. The van der Waals surface area contributed by atoms with Gasteiger partial charge in [0.1, 0.15) is 17.1 Å². The number of allylic oxidation sites excluding steroid dienone is 3. The van der Waals surface area contributed by atoms with Crippen LogP contribution in [0.3, 0.4) is 0 Å². The number of fused-ring (bicyclic) bond motifs is 1. The zero-order valence-corrected chi connectivity index (χ0v) is 17.2. The Kier molecular flexibility index (Phi) is 6.74. The Labute approximate surface area is 162 Å². The molecule has 1 aromatic rings. The average molecular weight is 373 g/mol. The van der Waals surface area contributed by atoms with Crippen LogP contribution in [0.1, 0.15) is 69.6 Å². The minimum atomic E-state index is -0.849. The van der Waals surface area contributed by atoms with Gasteiger partial charge in [-0.3, -0.25) is 0 Å². The second kappa shape index (κ2) is 8.64. The van der Waals surface area contributed by atoms with Crippen molar-refractivity contribution in [2.45, 2.75) is 78.7 Å². The largest absolute Gasteiger partial charge is 0.508 e. The van der Waals surface area contributed by atoms with E-state index in [1.807, 2.05) is 19.9 Å². The van der Waals surface area contributed by atoms with E-state index >= 15 is 0 Å². The van der Waals surface area contributed by atoms with E-state index in [1.54, 1.807) is 13.0 Å². The maximum atomic E-state index is 10.8. The molecule has 0 bridgehead atoms. The summed E-state index contributed by atoms with van der Waals surface area (Å²) in [5.41, 5.74) is 4.50. The van der Waals surface area contributed by atoms with Gasteiger partial charge < -0.3 is 14.9 Å². The molecule has 1 aliphatic rings. The molecule has 1 aromatic carbocycles. The SMILES string of the molecule is CC(=CCCC1(C)CCc2cc(O)c(C)c(C)c2O1)CCC=C(C)C(=O)O. The molecule has 4 nitrogen and oxygen atoms in total. The summed E-state index contributed by atoms with van der Waals surface area (Å²) in [6.07, 6.45) is 9.39. The molecule has 2 rings (SSSR count). The molecule has 27 heavy (non-hydrogen) atoms. The number of phenolic OH excluding ortho intramolecular Hbond substituents is 1. The van der Waals surface area contributed by atoms with Crippen LogP contribution in [0.4, 0.5) is 0 Å². The third kappa shape index (κ3) is 5.38. The van der Waals surface area contributed by atoms with Gasteiger partial charge >= 0.3 is 5.97 Å². The molecule has 4 heteroatoms. The number of phenols is 1. The van der Waals surface area contributed by atoms with Crippen molar-refractivity contribution >= 4 is 5.97 Å². The van der Waals surface area contributed by atoms with E-state index in [2.05, 4.69) is 19.9 Å². The Hall–Kier alpha value is -2.23. The van der Waals surface area contributed by atoms with Crippen LogP contribution in [0.25, 0.3) is 0 Å². The standard InChI is InChI=1S/C23H32O4/c1-15(8-6-10-16(2)22(25)26)9-7-12-23(5)13-11-19-14-20(24)17(3)18(4)21(19)27-23/h9-10,14,24H,6-8,11-13H2,1-5H3,(H,25,26). The van der Waals surface area contributed by atoms with Crippen LogP contribution in [0.5, 0.6) is 11.5 Å². The predicted octanol–water partition coefficient (Wildman–Crippen LogP) is 5.63. The Morgan fingerprint density at radius 3 is 2.59 bits per heavy atom. The summed E-state index contributed by atoms with van der Waals surface area (Å²) in [7, 11) is 0. The number of hydrogen-bond donors (Lipinski definition) is 2. The van der Waals surface area contributed by atoms with E-state index in [-0.39, 0.29) is 5.60 Å². The number of hydrogen-bond acceptors (Lipinski definition) is 3. The first kappa shape index (κ1) is 21.1. The molecule has 0 spiro atoms.